The largest absolute Gasteiger partial charge is 0.497 e. The van der Waals surface area contributed by atoms with E-state index in [1.54, 1.807) is 18.4 Å². The van der Waals surface area contributed by atoms with Crippen LogP contribution in [-0.4, -0.2) is 19.6 Å². The molecular formula is C18H23NO2S. The number of nitrogens with one attached hydrogen (secondary N) is 1. The van der Waals surface area contributed by atoms with Gasteiger partial charge in [-0.2, -0.15) is 0 Å². The molecule has 1 heterocycles. The SMILES string of the molecule is COc1ccc2scc(CCNC(=O)C3CCCCC3)c2c1. The average Bonchev–Trinajstić information content (AvgIpc) is 2.98. The molecule has 3 rings (SSSR count). The van der Waals surface area contributed by atoms with Gasteiger partial charge in [-0.1, -0.05) is 19.3 Å². The Bertz CT molecular complexity index is 644. The monoisotopic (exact) mass is 317 g/mol. The average molecular weight is 317 g/mol. The Hall–Kier alpha value is -1.55. The van der Waals surface area contributed by atoms with Gasteiger partial charge in [0.15, 0.2) is 0 Å². The van der Waals surface area contributed by atoms with Crippen LogP contribution in [0.1, 0.15) is 37.7 Å². The Morgan fingerprint density at radius 3 is 2.91 bits per heavy atom. The molecule has 1 aliphatic rings. The van der Waals surface area contributed by atoms with Crippen LogP contribution in [0.25, 0.3) is 10.1 Å². The molecule has 0 bridgehead atoms. The summed E-state index contributed by atoms with van der Waals surface area (Å²) in [5.74, 6) is 1.38. The van der Waals surface area contributed by atoms with Crippen LogP contribution in [0.15, 0.2) is 23.6 Å². The van der Waals surface area contributed by atoms with Crippen molar-refractivity contribution in [2.75, 3.05) is 13.7 Å². The van der Waals surface area contributed by atoms with Gasteiger partial charge in [0.2, 0.25) is 5.91 Å². The van der Waals surface area contributed by atoms with E-state index in [4.69, 9.17) is 4.74 Å². The van der Waals surface area contributed by atoms with E-state index in [2.05, 4.69) is 22.8 Å². The minimum Gasteiger partial charge on any atom is -0.497 e. The van der Waals surface area contributed by atoms with Crippen molar-refractivity contribution in [2.24, 2.45) is 5.92 Å². The zero-order valence-corrected chi connectivity index (χ0v) is 13.9. The molecule has 1 aromatic heterocycles. The predicted molar refractivity (Wildman–Crippen MR) is 91.7 cm³/mol. The summed E-state index contributed by atoms with van der Waals surface area (Å²) in [4.78, 5) is 12.2. The molecule has 1 aliphatic carbocycles. The Morgan fingerprint density at radius 2 is 2.14 bits per heavy atom. The number of thiophene rings is 1. The highest BCUT2D eigenvalue weighted by atomic mass is 32.1. The molecule has 1 saturated carbocycles. The third kappa shape index (κ3) is 3.43. The van der Waals surface area contributed by atoms with Gasteiger partial charge in [0.1, 0.15) is 5.75 Å². The van der Waals surface area contributed by atoms with E-state index in [1.165, 1.54) is 34.9 Å². The number of fused-ring (bicyclic) bond motifs is 1. The first kappa shape index (κ1) is 15.3. The van der Waals surface area contributed by atoms with Gasteiger partial charge < -0.3 is 10.1 Å². The summed E-state index contributed by atoms with van der Waals surface area (Å²) >= 11 is 1.75. The van der Waals surface area contributed by atoms with Crippen LogP contribution < -0.4 is 10.1 Å². The number of rotatable bonds is 5. The molecule has 0 unspecified atom stereocenters. The highest BCUT2D eigenvalue weighted by Gasteiger charge is 2.20. The molecule has 1 fully saturated rings. The van der Waals surface area contributed by atoms with Crippen molar-refractivity contribution in [1.82, 2.24) is 5.32 Å². The highest BCUT2D eigenvalue weighted by molar-refractivity contribution is 7.17. The van der Waals surface area contributed by atoms with Gasteiger partial charge >= 0.3 is 0 Å². The van der Waals surface area contributed by atoms with Crippen LogP contribution in [-0.2, 0) is 11.2 Å². The van der Waals surface area contributed by atoms with Gasteiger partial charge in [-0.25, -0.2) is 0 Å². The van der Waals surface area contributed by atoms with E-state index in [9.17, 15) is 4.79 Å². The quantitative estimate of drug-likeness (QED) is 0.899. The number of hydrogen-bond donors (Lipinski definition) is 1. The summed E-state index contributed by atoms with van der Waals surface area (Å²) in [7, 11) is 1.69. The Morgan fingerprint density at radius 1 is 1.32 bits per heavy atom. The Balaban J connectivity index is 1.58. The van der Waals surface area contributed by atoms with Crippen LogP contribution in [0.2, 0.25) is 0 Å². The van der Waals surface area contributed by atoms with E-state index in [0.29, 0.717) is 0 Å². The molecule has 0 radical (unpaired) electrons. The van der Waals surface area contributed by atoms with Gasteiger partial charge in [0.25, 0.3) is 0 Å². The molecule has 118 valence electrons. The first-order chi connectivity index (χ1) is 10.8. The molecule has 2 aromatic rings. The fourth-order valence-corrected chi connectivity index (χ4v) is 4.19. The third-order valence-electron chi connectivity index (χ3n) is 4.53. The molecule has 1 amide bonds. The van der Waals surface area contributed by atoms with Crippen molar-refractivity contribution in [2.45, 2.75) is 38.5 Å². The minimum atomic E-state index is 0.244. The lowest BCUT2D eigenvalue weighted by Gasteiger charge is -2.20. The highest BCUT2D eigenvalue weighted by Crippen LogP contribution is 2.29. The van der Waals surface area contributed by atoms with Gasteiger partial charge in [-0.05, 0) is 53.8 Å². The van der Waals surface area contributed by atoms with E-state index < -0.39 is 0 Å². The molecule has 1 aromatic carbocycles. The van der Waals surface area contributed by atoms with Crippen LogP contribution in [0, 0.1) is 5.92 Å². The van der Waals surface area contributed by atoms with E-state index in [-0.39, 0.29) is 11.8 Å². The summed E-state index contributed by atoms with van der Waals surface area (Å²) in [6.45, 7) is 0.721. The number of benzene rings is 1. The summed E-state index contributed by atoms with van der Waals surface area (Å²) < 4.78 is 6.58. The first-order valence-corrected chi connectivity index (χ1v) is 8.97. The fourth-order valence-electron chi connectivity index (χ4n) is 3.21. The van der Waals surface area contributed by atoms with Gasteiger partial charge in [-0.15, -0.1) is 11.3 Å². The van der Waals surface area contributed by atoms with Crippen molar-refractivity contribution in [3.05, 3.63) is 29.1 Å². The number of amides is 1. The van der Waals surface area contributed by atoms with E-state index >= 15 is 0 Å². The standard InChI is InChI=1S/C18H23NO2S/c1-21-15-7-8-17-16(11-15)14(12-22-17)9-10-19-18(20)13-5-3-2-4-6-13/h7-8,11-13H,2-6,9-10H2,1H3,(H,19,20). The molecule has 3 nitrogen and oxygen atoms in total. The minimum absolute atomic E-state index is 0.244. The third-order valence-corrected chi connectivity index (χ3v) is 5.54. The lowest BCUT2D eigenvalue weighted by atomic mass is 9.88. The van der Waals surface area contributed by atoms with Gasteiger partial charge in [-0.3, -0.25) is 4.79 Å². The molecular weight excluding hydrogens is 294 g/mol. The smallest absolute Gasteiger partial charge is 0.223 e. The molecule has 0 saturated heterocycles. The maximum absolute atomic E-state index is 12.2. The number of carbonyl (C=O) groups excluding carboxylic acids is 1. The van der Waals surface area contributed by atoms with Crippen LogP contribution >= 0.6 is 11.3 Å². The molecule has 1 N–H and O–H groups in total. The zero-order chi connectivity index (χ0) is 15.4. The molecule has 0 spiro atoms. The summed E-state index contributed by atoms with van der Waals surface area (Å²) in [6.07, 6.45) is 6.69. The topological polar surface area (TPSA) is 38.3 Å². The first-order valence-electron chi connectivity index (χ1n) is 8.10. The second-order valence-electron chi connectivity index (χ2n) is 6.00. The van der Waals surface area contributed by atoms with Crippen LogP contribution in [0.4, 0.5) is 0 Å². The summed E-state index contributed by atoms with van der Waals surface area (Å²) in [5.41, 5.74) is 1.29. The number of ether oxygens (including phenoxy) is 1. The molecule has 4 heteroatoms. The summed E-state index contributed by atoms with van der Waals surface area (Å²) in [5, 5.41) is 6.56. The lowest BCUT2D eigenvalue weighted by molar-refractivity contribution is -0.125. The van der Waals surface area contributed by atoms with E-state index in [0.717, 1.165) is 31.6 Å². The van der Waals surface area contributed by atoms with Crippen molar-refractivity contribution >= 4 is 27.3 Å². The maximum Gasteiger partial charge on any atom is 0.223 e. The lowest BCUT2D eigenvalue weighted by Crippen LogP contribution is -2.33. The van der Waals surface area contributed by atoms with Crippen LogP contribution in [0.5, 0.6) is 5.75 Å². The normalized spacial score (nSPS) is 15.9. The number of carbonyl (C=O) groups is 1. The Kier molecular flexibility index (Phi) is 4.98. The summed E-state index contributed by atoms with van der Waals surface area (Å²) in [6, 6.07) is 6.18. The predicted octanol–water partition coefficient (Wildman–Crippen LogP) is 4.15. The maximum atomic E-state index is 12.2. The fraction of sp³-hybridized carbons (Fsp3) is 0.500. The second kappa shape index (κ2) is 7.14. The Labute approximate surface area is 135 Å². The van der Waals surface area contributed by atoms with Crippen molar-refractivity contribution in [3.8, 4) is 5.75 Å². The van der Waals surface area contributed by atoms with Crippen molar-refractivity contribution < 1.29 is 9.53 Å². The molecule has 22 heavy (non-hydrogen) atoms. The van der Waals surface area contributed by atoms with Crippen molar-refractivity contribution in [3.63, 3.8) is 0 Å². The van der Waals surface area contributed by atoms with Crippen molar-refractivity contribution in [1.29, 1.82) is 0 Å². The zero-order valence-electron chi connectivity index (χ0n) is 13.1. The van der Waals surface area contributed by atoms with E-state index in [1.807, 2.05) is 6.07 Å². The van der Waals surface area contributed by atoms with Crippen LogP contribution in [0.3, 0.4) is 0 Å². The number of methoxy groups -OCH3 is 1. The molecule has 0 atom stereocenters. The van der Waals surface area contributed by atoms with Gasteiger partial charge in [0.05, 0.1) is 7.11 Å². The molecule has 0 aliphatic heterocycles. The number of hydrogen-bond acceptors (Lipinski definition) is 3. The van der Waals surface area contributed by atoms with Gasteiger partial charge in [0, 0.05) is 17.2 Å². The second-order valence-corrected chi connectivity index (χ2v) is 6.91.